The first-order chi connectivity index (χ1) is 7.75. The van der Waals surface area contributed by atoms with E-state index >= 15 is 0 Å². The van der Waals surface area contributed by atoms with Crippen LogP contribution in [0.25, 0.3) is 0 Å². The largest absolute Gasteiger partial charge is 0.461 e. The number of aliphatic hydroxyl groups is 7. The van der Waals surface area contributed by atoms with E-state index in [9.17, 15) is 4.79 Å². The maximum Gasteiger partial charge on any atom is 0.372 e. The second kappa shape index (κ2) is 6.21. The number of rotatable bonds is 7. The molecule has 7 N–H and O–H groups in total. The molecule has 0 unspecified atom stereocenters. The molecule has 0 aliphatic heterocycles. The van der Waals surface area contributed by atoms with Gasteiger partial charge in [-0.1, -0.05) is 0 Å². The lowest BCUT2D eigenvalue weighted by Gasteiger charge is -2.28. The lowest BCUT2D eigenvalue weighted by molar-refractivity contribution is -0.287. The molecule has 0 amide bonds. The van der Waals surface area contributed by atoms with Crippen LogP contribution in [0.3, 0.4) is 0 Å². The Morgan fingerprint density at radius 1 is 1.06 bits per heavy atom. The van der Waals surface area contributed by atoms with E-state index in [0.29, 0.717) is 0 Å². The quantitative estimate of drug-likeness (QED) is 0.175. The van der Waals surface area contributed by atoms with E-state index in [4.69, 9.17) is 35.7 Å². The molecule has 9 heteroatoms. The fourth-order valence-electron chi connectivity index (χ4n) is 0.717. The van der Waals surface area contributed by atoms with Gasteiger partial charge in [-0.2, -0.15) is 0 Å². The van der Waals surface area contributed by atoms with Crippen LogP contribution in [0.2, 0.25) is 0 Å². The molecule has 0 rings (SSSR count). The minimum Gasteiger partial charge on any atom is -0.461 e. The Kier molecular flexibility index (Phi) is 5.92. The minimum atomic E-state index is -3.52. The highest BCUT2D eigenvalue weighted by Gasteiger charge is 2.44. The lowest BCUT2D eigenvalue weighted by Crippen LogP contribution is -2.52. The fraction of sp³-hybridized carbons (Fsp3) is 0.875. The van der Waals surface area contributed by atoms with Crippen molar-refractivity contribution in [3.8, 4) is 0 Å². The van der Waals surface area contributed by atoms with Gasteiger partial charge in [0.15, 0.2) is 0 Å². The van der Waals surface area contributed by atoms with E-state index in [-0.39, 0.29) is 0 Å². The Bertz CT molecular complexity index is 237. The van der Waals surface area contributed by atoms with Gasteiger partial charge in [0, 0.05) is 0 Å². The van der Waals surface area contributed by atoms with Gasteiger partial charge in [-0.25, -0.2) is 4.79 Å². The van der Waals surface area contributed by atoms with Gasteiger partial charge in [-0.05, 0) is 0 Å². The Morgan fingerprint density at radius 2 is 1.47 bits per heavy atom. The number of hydrogen-bond donors (Lipinski definition) is 7. The molecule has 0 aromatic carbocycles. The molecule has 0 aromatic heterocycles. The van der Waals surface area contributed by atoms with E-state index in [0.717, 1.165) is 0 Å². The van der Waals surface area contributed by atoms with E-state index in [2.05, 4.69) is 4.74 Å². The summed E-state index contributed by atoms with van der Waals surface area (Å²) in [4.78, 5) is 11.0. The smallest absolute Gasteiger partial charge is 0.372 e. The van der Waals surface area contributed by atoms with Crippen LogP contribution in [-0.2, 0) is 9.53 Å². The maximum atomic E-state index is 11.0. The standard InChI is InChI=1S/C8H16O9/c9-1-7(2-10,3-11)4-17-6(14)8(15,16)5(12)13/h5,9-13,15-16H,1-4H2. The maximum absolute atomic E-state index is 11.0. The molecule has 0 atom stereocenters. The van der Waals surface area contributed by atoms with E-state index in [1.165, 1.54) is 0 Å². The second-order valence-electron chi connectivity index (χ2n) is 3.65. The van der Waals surface area contributed by atoms with Crippen LogP contribution in [0.4, 0.5) is 0 Å². The zero-order valence-corrected chi connectivity index (χ0v) is 8.85. The molecule has 0 spiro atoms. The number of aliphatic hydroxyl groups excluding tert-OH is 4. The highest BCUT2D eigenvalue weighted by atomic mass is 16.6. The van der Waals surface area contributed by atoms with Gasteiger partial charge in [0.1, 0.15) is 6.61 Å². The zero-order valence-electron chi connectivity index (χ0n) is 8.85. The molecule has 0 saturated carbocycles. The van der Waals surface area contributed by atoms with Gasteiger partial charge in [0.25, 0.3) is 0 Å². The summed E-state index contributed by atoms with van der Waals surface area (Å²) in [5.74, 6) is -5.31. The third-order valence-electron chi connectivity index (χ3n) is 2.18. The topological polar surface area (TPSA) is 168 Å². The lowest BCUT2D eigenvalue weighted by atomic mass is 9.92. The highest BCUT2D eigenvalue weighted by Crippen LogP contribution is 2.17. The molecule has 0 bridgehead atoms. The molecule has 0 saturated heterocycles. The molecular formula is C8H16O9. The Morgan fingerprint density at radius 3 is 1.76 bits per heavy atom. The third-order valence-corrected chi connectivity index (χ3v) is 2.18. The minimum absolute atomic E-state index is 0.723. The van der Waals surface area contributed by atoms with E-state index in [1.807, 2.05) is 0 Å². The van der Waals surface area contributed by atoms with Crippen LogP contribution in [0, 0.1) is 5.41 Å². The van der Waals surface area contributed by atoms with Crippen LogP contribution >= 0.6 is 0 Å². The molecule has 0 aromatic rings. The molecular weight excluding hydrogens is 240 g/mol. The van der Waals surface area contributed by atoms with Gasteiger partial charge in [0.05, 0.1) is 25.2 Å². The summed E-state index contributed by atoms with van der Waals surface area (Å²) in [6, 6.07) is 0. The Labute approximate surface area is 96.1 Å². The summed E-state index contributed by atoms with van der Waals surface area (Å²) in [5, 5.41) is 61.3. The van der Waals surface area contributed by atoms with Crippen molar-refractivity contribution < 1.29 is 45.3 Å². The van der Waals surface area contributed by atoms with Crippen LogP contribution in [0.5, 0.6) is 0 Å². The number of carbonyl (C=O) groups excluding carboxylic acids is 1. The van der Waals surface area contributed by atoms with Crippen molar-refractivity contribution in [2.75, 3.05) is 26.4 Å². The SMILES string of the molecule is O=C(OCC(CO)(CO)CO)C(O)(O)C(O)O. The van der Waals surface area contributed by atoms with Crippen molar-refractivity contribution in [2.24, 2.45) is 5.41 Å². The van der Waals surface area contributed by atoms with Crippen molar-refractivity contribution in [3.63, 3.8) is 0 Å². The third kappa shape index (κ3) is 3.85. The zero-order chi connectivity index (χ0) is 13.7. The van der Waals surface area contributed by atoms with Gasteiger partial charge in [-0.3, -0.25) is 0 Å². The number of carbonyl (C=O) groups is 1. The molecule has 0 radical (unpaired) electrons. The van der Waals surface area contributed by atoms with Crippen LogP contribution in [-0.4, -0.2) is 80.2 Å². The van der Waals surface area contributed by atoms with Crippen molar-refractivity contribution in [1.82, 2.24) is 0 Å². The van der Waals surface area contributed by atoms with Crippen molar-refractivity contribution in [3.05, 3.63) is 0 Å². The highest BCUT2D eigenvalue weighted by molar-refractivity contribution is 5.77. The Balaban J connectivity index is 4.52. The summed E-state index contributed by atoms with van der Waals surface area (Å²) in [7, 11) is 0. The normalized spacial score (nSPS) is 12.9. The van der Waals surface area contributed by atoms with E-state index < -0.39 is 49.9 Å². The average molecular weight is 256 g/mol. The monoisotopic (exact) mass is 256 g/mol. The van der Waals surface area contributed by atoms with Crippen molar-refractivity contribution in [2.45, 2.75) is 12.1 Å². The number of ether oxygens (including phenoxy) is 1. The van der Waals surface area contributed by atoms with Gasteiger partial charge >= 0.3 is 11.8 Å². The molecule has 9 nitrogen and oxygen atoms in total. The predicted octanol–water partition coefficient (Wildman–Crippen LogP) is -4.52. The number of esters is 1. The van der Waals surface area contributed by atoms with Gasteiger partial charge in [0.2, 0.25) is 6.29 Å². The number of hydrogen-bond acceptors (Lipinski definition) is 9. The van der Waals surface area contributed by atoms with Gasteiger partial charge < -0.3 is 40.5 Å². The van der Waals surface area contributed by atoms with Crippen molar-refractivity contribution in [1.29, 1.82) is 0 Å². The van der Waals surface area contributed by atoms with E-state index in [1.54, 1.807) is 0 Å². The second-order valence-corrected chi connectivity index (χ2v) is 3.65. The molecule has 0 aliphatic carbocycles. The predicted molar refractivity (Wildman–Crippen MR) is 50.0 cm³/mol. The van der Waals surface area contributed by atoms with Gasteiger partial charge in [-0.15, -0.1) is 0 Å². The average Bonchev–Trinajstić information content (AvgIpc) is 2.31. The first kappa shape index (κ1) is 16.2. The summed E-state index contributed by atoms with van der Waals surface area (Å²) in [6.07, 6.45) is -2.78. The summed E-state index contributed by atoms with van der Waals surface area (Å²) < 4.78 is 4.27. The van der Waals surface area contributed by atoms with Crippen LogP contribution in [0.1, 0.15) is 0 Å². The fourth-order valence-corrected chi connectivity index (χ4v) is 0.717. The molecule has 17 heavy (non-hydrogen) atoms. The van der Waals surface area contributed by atoms with Crippen LogP contribution < -0.4 is 0 Å². The van der Waals surface area contributed by atoms with Crippen molar-refractivity contribution >= 4 is 5.97 Å². The Hall–Kier alpha value is -0.810. The molecule has 102 valence electrons. The summed E-state index contributed by atoms with van der Waals surface area (Å²) in [5.41, 5.74) is -1.55. The first-order valence-electron chi connectivity index (χ1n) is 4.56. The molecule has 0 heterocycles. The first-order valence-corrected chi connectivity index (χ1v) is 4.56. The summed E-state index contributed by atoms with van der Waals surface area (Å²) >= 11 is 0. The molecule has 0 fully saturated rings. The molecule has 0 aliphatic rings. The summed E-state index contributed by atoms with van der Waals surface area (Å²) in [6.45, 7) is -2.90. The van der Waals surface area contributed by atoms with Crippen LogP contribution in [0.15, 0.2) is 0 Å².